The smallest absolute Gasteiger partial charge is 0.336 e. The minimum absolute atomic E-state index is 0.0853. The van der Waals surface area contributed by atoms with Crippen molar-refractivity contribution in [3.8, 4) is 23.1 Å². The number of nitrogens with zero attached hydrogens (tertiary/aromatic N) is 3. The third-order valence-electron chi connectivity index (χ3n) is 4.55. The maximum Gasteiger partial charge on any atom is 0.336 e. The van der Waals surface area contributed by atoms with E-state index in [0.717, 1.165) is 16.8 Å². The van der Waals surface area contributed by atoms with E-state index < -0.39 is 0 Å². The largest absolute Gasteiger partial charge is 0.466 e. The van der Waals surface area contributed by atoms with Crippen molar-refractivity contribution in [1.82, 2.24) is 14.8 Å². The highest BCUT2D eigenvalue weighted by molar-refractivity contribution is 6.42. The van der Waals surface area contributed by atoms with Gasteiger partial charge in [-0.2, -0.15) is 4.98 Å². The minimum Gasteiger partial charge on any atom is -0.466 e. The molecule has 1 N–H and O–H groups in total. The highest BCUT2D eigenvalue weighted by Crippen LogP contribution is 2.30. The van der Waals surface area contributed by atoms with Gasteiger partial charge in [-0.25, -0.2) is 4.68 Å². The van der Waals surface area contributed by atoms with Gasteiger partial charge < -0.3 is 10.1 Å². The fourth-order valence-corrected chi connectivity index (χ4v) is 3.35. The highest BCUT2D eigenvalue weighted by atomic mass is 35.5. The Labute approximate surface area is 189 Å². The van der Waals surface area contributed by atoms with Crippen molar-refractivity contribution in [1.29, 1.82) is 0 Å². The second-order valence-corrected chi connectivity index (χ2v) is 7.53. The topological polar surface area (TPSA) is 69.0 Å². The molecular weight excluding hydrogens is 435 g/mol. The summed E-state index contributed by atoms with van der Waals surface area (Å²) >= 11 is 12.2. The summed E-state index contributed by atoms with van der Waals surface area (Å²) in [6.45, 7) is 0. The fraction of sp³-hybridized carbons (Fsp3) is 0.0870. The van der Waals surface area contributed by atoms with Gasteiger partial charge in [-0.3, -0.25) is 4.79 Å². The number of methoxy groups -OCH3 is 1. The summed E-state index contributed by atoms with van der Waals surface area (Å²) in [6, 6.07) is 22.4. The Hall–Kier alpha value is -3.35. The molecule has 4 rings (SSSR count). The van der Waals surface area contributed by atoms with E-state index in [2.05, 4.69) is 15.4 Å². The average molecular weight is 453 g/mol. The lowest BCUT2D eigenvalue weighted by molar-refractivity contribution is -0.115. The number of aromatic nitrogens is 3. The predicted molar refractivity (Wildman–Crippen MR) is 122 cm³/mol. The van der Waals surface area contributed by atoms with Crippen molar-refractivity contribution in [2.24, 2.45) is 0 Å². The zero-order chi connectivity index (χ0) is 21.8. The third-order valence-corrected chi connectivity index (χ3v) is 5.29. The van der Waals surface area contributed by atoms with Crippen molar-refractivity contribution in [3.05, 3.63) is 88.4 Å². The van der Waals surface area contributed by atoms with Crippen LogP contribution in [0.1, 0.15) is 5.56 Å². The fourth-order valence-electron chi connectivity index (χ4n) is 3.05. The molecule has 1 heterocycles. The van der Waals surface area contributed by atoms with Crippen LogP contribution in [0.25, 0.3) is 17.1 Å². The molecule has 0 aliphatic carbocycles. The van der Waals surface area contributed by atoms with E-state index in [4.69, 9.17) is 27.9 Å². The van der Waals surface area contributed by atoms with E-state index in [1.165, 1.54) is 7.11 Å². The summed E-state index contributed by atoms with van der Waals surface area (Å²) < 4.78 is 6.85. The van der Waals surface area contributed by atoms with Gasteiger partial charge in [-0.05, 0) is 48.0 Å². The molecule has 0 aliphatic heterocycles. The lowest BCUT2D eigenvalue weighted by Gasteiger charge is -2.09. The van der Waals surface area contributed by atoms with E-state index >= 15 is 0 Å². The molecule has 0 bridgehead atoms. The van der Waals surface area contributed by atoms with Crippen LogP contribution in [0.4, 0.5) is 5.69 Å². The molecule has 0 aliphatic rings. The second kappa shape index (κ2) is 9.20. The molecule has 8 heteroatoms. The van der Waals surface area contributed by atoms with Gasteiger partial charge in [0, 0.05) is 11.3 Å². The van der Waals surface area contributed by atoms with Crippen LogP contribution >= 0.6 is 23.2 Å². The van der Waals surface area contributed by atoms with Crippen molar-refractivity contribution in [3.63, 3.8) is 0 Å². The molecule has 0 radical (unpaired) electrons. The van der Waals surface area contributed by atoms with E-state index in [9.17, 15) is 4.79 Å². The molecule has 3 aromatic carbocycles. The van der Waals surface area contributed by atoms with Crippen LogP contribution in [-0.2, 0) is 11.2 Å². The maximum absolute atomic E-state index is 12.3. The summed E-state index contributed by atoms with van der Waals surface area (Å²) in [5.74, 6) is 0.467. The molecule has 1 amide bonds. The number of hydrogen-bond donors (Lipinski definition) is 1. The summed E-state index contributed by atoms with van der Waals surface area (Å²) in [5.41, 5.74) is 3.13. The van der Waals surface area contributed by atoms with Gasteiger partial charge in [-0.1, -0.05) is 53.5 Å². The van der Waals surface area contributed by atoms with E-state index in [1.807, 2.05) is 60.7 Å². The molecular formula is C23H18Cl2N4O2. The van der Waals surface area contributed by atoms with Crippen molar-refractivity contribution in [2.45, 2.75) is 6.42 Å². The van der Waals surface area contributed by atoms with Gasteiger partial charge in [-0.15, -0.1) is 5.10 Å². The zero-order valence-corrected chi connectivity index (χ0v) is 18.1. The van der Waals surface area contributed by atoms with Crippen LogP contribution < -0.4 is 10.1 Å². The molecule has 0 atom stereocenters. The average Bonchev–Trinajstić information content (AvgIpc) is 3.21. The van der Waals surface area contributed by atoms with Crippen LogP contribution in [0.3, 0.4) is 0 Å². The molecule has 0 fully saturated rings. The Balaban J connectivity index is 1.57. The molecule has 0 saturated carbocycles. The second-order valence-electron chi connectivity index (χ2n) is 6.72. The summed E-state index contributed by atoms with van der Waals surface area (Å²) in [6.07, 6.45) is 0.310. The minimum atomic E-state index is -0.0853. The standard InChI is InChI=1S/C23H18Cl2N4O2/c1-31-23-27-22(16-7-12-19(24)20(25)14-16)29(28-23)18-10-8-17(9-11-18)26-21(30)13-15-5-3-2-4-6-15/h2-12,14H,13H2,1H3,(H,26,30). The van der Waals surface area contributed by atoms with E-state index in [0.29, 0.717) is 28.0 Å². The lowest BCUT2D eigenvalue weighted by Crippen LogP contribution is -2.14. The zero-order valence-electron chi connectivity index (χ0n) is 16.5. The Morgan fingerprint density at radius 2 is 1.74 bits per heavy atom. The van der Waals surface area contributed by atoms with Crippen LogP contribution in [0.15, 0.2) is 72.8 Å². The van der Waals surface area contributed by atoms with E-state index in [1.54, 1.807) is 16.8 Å². The number of anilines is 1. The molecule has 4 aromatic rings. The molecule has 0 saturated heterocycles. The normalized spacial score (nSPS) is 10.7. The number of hydrogen-bond acceptors (Lipinski definition) is 4. The Morgan fingerprint density at radius 1 is 1.00 bits per heavy atom. The first-order valence-corrected chi connectivity index (χ1v) is 10.2. The highest BCUT2D eigenvalue weighted by Gasteiger charge is 2.15. The van der Waals surface area contributed by atoms with Gasteiger partial charge in [0.05, 0.1) is 29.3 Å². The number of nitrogens with one attached hydrogen (secondary N) is 1. The van der Waals surface area contributed by atoms with Crippen molar-refractivity contribution >= 4 is 34.8 Å². The molecule has 6 nitrogen and oxygen atoms in total. The van der Waals surface area contributed by atoms with Crippen molar-refractivity contribution < 1.29 is 9.53 Å². The number of ether oxygens (including phenoxy) is 1. The quantitative estimate of drug-likeness (QED) is 0.423. The van der Waals surface area contributed by atoms with Crippen LogP contribution in [0, 0.1) is 0 Å². The van der Waals surface area contributed by atoms with Gasteiger partial charge in [0.15, 0.2) is 5.82 Å². The first-order valence-electron chi connectivity index (χ1n) is 9.44. The van der Waals surface area contributed by atoms with Crippen molar-refractivity contribution in [2.75, 3.05) is 12.4 Å². The molecule has 1 aromatic heterocycles. The first kappa shape index (κ1) is 20.9. The number of carbonyl (C=O) groups is 1. The summed E-state index contributed by atoms with van der Waals surface area (Å²) in [7, 11) is 1.50. The summed E-state index contributed by atoms with van der Waals surface area (Å²) in [4.78, 5) is 16.7. The Kier molecular flexibility index (Phi) is 6.21. The molecule has 31 heavy (non-hydrogen) atoms. The summed E-state index contributed by atoms with van der Waals surface area (Å²) in [5, 5.41) is 8.18. The lowest BCUT2D eigenvalue weighted by atomic mass is 10.1. The van der Waals surface area contributed by atoms with Gasteiger partial charge in [0.25, 0.3) is 0 Å². The van der Waals surface area contributed by atoms with E-state index in [-0.39, 0.29) is 11.9 Å². The third kappa shape index (κ3) is 4.87. The Bertz CT molecular complexity index is 1210. The first-order chi connectivity index (χ1) is 15.0. The molecule has 0 spiro atoms. The monoisotopic (exact) mass is 452 g/mol. The van der Waals surface area contributed by atoms with Crippen LogP contribution in [0.2, 0.25) is 10.0 Å². The van der Waals surface area contributed by atoms with Crippen LogP contribution in [0.5, 0.6) is 6.01 Å². The van der Waals surface area contributed by atoms with Crippen LogP contribution in [-0.4, -0.2) is 27.8 Å². The number of rotatable bonds is 6. The van der Waals surface area contributed by atoms with Gasteiger partial charge in [0.1, 0.15) is 0 Å². The SMILES string of the molecule is COc1nc(-c2ccc(Cl)c(Cl)c2)n(-c2ccc(NC(=O)Cc3ccccc3)cc2)n1. The predicted octanol–water partition coefficient (Wildman–Crippen LogP) is 5.43. The van der Waals surface area contributed by atoms with Gasteiger partial charge in [0.2, 0.25) is 5.91 Å². The number of halogens is 2. The molecule has 156 valence electrons. The maximum atomic E-state index is 12.3. The molecule has 0 unspecified atom stereocenters. The number of carbonyl (C=O) groups excluding carboxylic acids is 1. The Morgan fingerprint density at radius 3 is 2.42 bits per heavy atom. The number of amides is 1. The number of benzene rings is 3. The van der Waals surface area contributed by atoms with Gasteiger partial charge >= 0.3 is 6.01 Å².